The van der Waals surface area contributed by atoms with E-state index in [-0.39, 0.29) is 21.5 Å². The number of ketones is 1. The smallest absolute Gasteiger partial charge is 0.206 e. The number of aromatic nitrogens is 1. The first-order valence-electron chi connectivity index (χ1n) is 7.68. The van der Waals surface area contributed by atoms with Crippen LogP contribution < -0.4 is 20.5 Å². The van der Waals surface area contributed by atoms with Crippen molar-refractivity contribution in [3.63, 3.8) is 0 Å². The number of nitrogens with one attached hydrogen (secondary N) is 1. The zero-order valence-corrected chi connectivity index (χ0v) is 16.0. The van der Waals surface area contributed by atoms with Crippen molar-refractivity contribution in [1.82, 2.24) is 4.98 Å². The molecule has 140 valence electrons. The lowest BCUT2D eigenvalue weighted by molar-refractivity contribution is 0.104. The van der Waals surface area contributed by atoms with Crippen LogP contribution >= 0.6 is 22.9 Å². The maximum absolute atomic E-state index is 13.3. The van der Waals surface area contributed by atoms with Gasteiger partial charge in [-0.1, -0.05) is 22.9 Å². The molecule has 0 radical (unpaired) electrons. The summed E-state index contributed by atoms with van der Waals surface area (Å²) in [7, 11) is 3.00. The fourth-order valence-electron chi connectivity index (χ4n) is 2.35. The zero-order valence-electron chi connectivity index (χ0n) is 14.4. The van der Waals surface area contributed by atoms with Crippen molar-refractivity contribution >= 4 is 45.4 Å². The second-order valence-electron chi connectivity index (χ2n) is 5.39. The van der Waals surface area contributed by atoms with E-state index in [4.69, 9.17) is 26.8 Å². The summed E-state index contributed by atoms with van der Waals surface area (Å²) in [6, 6.07) is 9.00. The minimum Gasteiger partial charge on any atom is -0.493 e. The Morgan fingerprint density at radius 2 is 1.93 bits per heavy atom. The summed E-state index contributed by atoms with van der Waals surface area (Å²) in [5.74, 6) is 0.226. The van der Waals surface area contributed by atoms with Crippen LogP contribution in [-0.4, -0.2) is 25.0 Å². The van der Waals surface area contributed by atoms with Gasteiger partial charge in [0.1, 0.15) is 16.5 Å². The number of carbonyl (C=O) groups excluding carboxylic acids is 1. The first kappa shape index (κ1) is 18.9. The number of nitrogens with two attached hydrogens (primary N) is 1. The predicted octanol–water partition coefficient (Wildman–Crippen LogP) is 4.51. The number of halogens is 2. The van der Waals surface area contributed by atoms with Gasteiger partial charge in [0.2, 0.25) is 5.78 Å². The zero-order chi connectivity index (χ0) is 19.6. The van der Waals surface area contributed by atoms with Gasteiger partial charge in [-0.05, 0) is 36.4 Å². The molecular weight excluding hydrogens is 393 g/mol. The first-order chi connectivity index (χ1) is 12.9. The second kappa shape index (κ2) is 7.81. The fraction of sp³-hybridized carbons (Fsp3) is 0.111. The third-order valence-corrected chi connectivity index (χ3v) is 4.95. The minimum absolute atomic E-state index is 0.0221. The maximum atomic E-state index is 13.3. The third-order valence-electron chi connectivity index (χ3n) is 3.68. The van der Waals surface area contributed by atoms with Crippen molar-refractivity contribution in [2.24, 2.45) is 0 Å². The lowest BCUT2D eigenvalue weighted by Crippen LogP contribution is -2.03. The number of benzene rings is 2. The number of rotatable bonds is 6. The van der Waals surface area contributed by atoms with Gasteiger partial charge in [-0.15, -0.1) is 0 Å². The van der Waals surface area contributed by atoms with Crippen LogP contribution in [0.5, 0.6) is 11.5 Å². The second-order valence-corrected chi connectivity index (χ2v) is 6.79. The first-order valence-corrected chi connectivity index (χ1v) is 8.87. The molecule has 0 aliphatic rings. The topological polar surface area (TPSA) is 86.5 Å². The van der Waals surface area contributed by atoms with Crippen LogP contribution in [0.25, 0.3) is 0 Å². The summed E-state index contributed by atoms with van der Waals surface area (Å²) in [6.07, 6.45) is 0. The SMILES string of the molecule is COc1ccc(C(=O)c2sc(Nc3ccc(F)c(Cl)c3)nc2N)cc1OC. The van der Waals surface area contributed by atoms with Crippen molar-refractivity contribution < 1.29 is 18.7 Å². The van der Waals surface area contributed by atoms with Gasteiger partial charge in [0.15, 0.2) is 16.6 Å². The number of anilines is 3. The average Bonchev–Trinajstić information content (AvgIpc) is 3.03. The molecule has 27 heavy (non-hydrogen) atoms. The Morgan fingerprint density at radius 3 is 2.59 bits per heavy atom. The van der Waals surface area contributed by atoms with Crippen molar-refractivity contribution in [2.45, 2.75) is 0 Å². The van der Waals surface area contributed by atoms with Crippen LogP contribution in [0.4, 0.5) is 21.0 Å². The van der Waals surface area contributed by atoms with E-state index in [2.05, 4.69) is 10.3 Å². The van der Waals surface area contributed by atoms with Gasteiger partial charge in [0.05, 0.1) is 19.2 Å². The Kier molecular flexibility index (Phi) is 5.48. The normalized spacial score (nSPS) is 10.5. The molecule has 0 aliphatic heterocycles. The lowest BCUT2D eigenvalue weighted by atomic mass is 10.1. The molecule has 0 saturated carbocycles. The van der Waals surface area contributed by atoms with Crippen LogP contribution in [0.15, 0.2) is 36.4 Å². The molecule has 9 heteroatoms. The van der Waals surface area contributed by atoms with E-state index in [1.165, 1.54) is 32.4 Å². The molecule has 1 heterocycles. The third kappa shape index (κ3) is 3.96. The summed E-state index contributed by atoms with van der Waals surface area (Å²) in [6.45, 7) is 0. The number of nitrogens with zero attached hydrogens (tertiary/aromatic N) is 1. The van der Waals surface area contributed by atoms with Crippen molar-refractivity contribution in [3.8, 4) is 11.5 Å². The summed E-state index contributed by atoms with van der Waals surface area (Å²) in [5, 5.41) is 3.33. The Bertz CT molecular complexity index is 1010. The summed E-state index contributed by atoms with van der Waals surface area (Å²) in [4.78, 5) is 17.2. The average molecular weight is 408 g/mol. The highest BCUT2D eigenvalue weighted by Crippen LogP contribution is 2.33. The molecule has 3 N–H and O–H groups in total. The Balaban J connectivity index is 1.87. The Morgan fingerprint density at radius 1 is 1.19 bits per heavy atom. The minimum atomic E-state index is -0.523. The maximum Gasteiger partial charge on any atom is 0.206 e. The van der Waals surface area contributed by atoms with Crippen molar-refractivity contribution in [3.05, 3.63) is 57.7 Å². The highest BCUT2D eigenvalue weighted by Gasteiger charge is 2.20. The van der Waals surface area contributed by atoms with Gasteiger partial charge in [-0.3, -0.25) is 4.79 Å². The Hall–Kier alpha value is -2.84. The van der Waals surface area contributed by atoms with E-state index < -0.39 is 5.82 Å². The number of thiazole rings is 1. The largest absolute Gasteiger partial charge is 0.493 e. The number of nitrogen functional groups attached to an aromatic ring is 1. The van der Waals surface area contributed by atoms with Gasteiger partial charge in [0, 0.05) is 11.3 Å². The van der Waals surface area contributed by atoms with Gasteiger partial charge in [-0.2, -0.15) is 0 Å². The molecule has 0 saturated heterocycles. The van der Waals surface area contributed by atoms with E-state index in [1.807, 2.05) is 0 Å². The predicted molar refractivity (Wildman–Crippen MR) is 104 cm³/mol. The molecule has 0 spiro atoms. The highest BCUT2D eigenvalue weighted by molar-refractivity contribution is 7.18. The van der Waals surface area contributed by atoms with E-state index in [0.29, 0.717) is 27.9 Å². The number of hydrogen-bond acceptors (Lipinski definition) is 7. The fourth-order valence-corrected chi connectivity index (χ4v) is 3.40. The molecule has 0 aliphatic carbocycles. The Labute approximate surface area is 163 Å². The number of ether oxygens (including phenoxy) is 2. The van der Waals surface area contributed by atoms with E-state index >= 15 is 0 Å². The molecule has 0 amide bonds. The van der Waals surface area contributed by atoms with Crippen molar-refractivity contribution in [2.75, 3.05) is 25.3 Å². The molecule has 0 bridgehead atoms. The molecule has 1 aromatic heterocycles. The van der Waals surface area contributed by atoms with Gasteiger partial charge in [-0.25, -0.2) is 9.37 Å². The monoisotopic (exact) mass is 407 g/mol. The van der Waals surface area contributed by atoms with Crippen LogP contribution in [0, 0.1) is 5.82 Å². The number of carbonyl (C=O) groups is 1. The molecule has 3 aromatic rings. The molecule has 0 unspecified atom stereocenters. The summed E-state index contributed by atoms with van der Waals surface area (Å²) >= 11 is 6.85. The highest BCUT2D eigenvalue weighted by atomic mass is 35.5. The standard InChI is InChI=1S/C18H15ClFN3O3S/c1-25-13-6-3-9(7-14(13)26-2)15(24)16-17(21)23-18(27-16)22-10-4-5-12(20)11(19)8-10/h3-8H,21H2,1-2H3,(H,22,23). The van der Waals surface area contributed by atoms with E-state index in [0.717, 1.165) is 11.3 Å². The van der Waals surface area contributed by atoms with Crippen LogP contribution in [0.1, 0.15) is 15.2 Å². The van der Waals surface area contributed by atoms with E-state index in [9.17, 15) is 9.18 Å². The van der Waals surface area contributed by atoms with Gasteiger partial charge >= 0.3 is 0 Å². The summed E-state index contributed by atoms with van der Waals surface area (Å²) in [5.41, 5.74) is 6.83. The molecule has 2 aromatic carbocycles. The van der Waals surface area contributed by atoms with Crippen molar-refractivity contribution in [1.29, 1.82) is 0 Å². The van der Waals surface area contributed by atoms with E-state index in [1.54, 1.807) is 18.2 Å². The molecule has 6 nitrogen and oxygen atoms in total. The number of methoxy groups -OCH3 is 2. The molecule has 3 rings (SSSR count). The van der Waals surface area contributed by atoms with Gasteiger partial charge in [0.25, 0.3) is 0 Å². The van der Waals surface area contributed by atoms with Crippen LogP contribution in [0.3, 0.4) is 0 Å². The molecular formula is C18H15ClFN3O3S. The molecule has 0 atom stereocenters. The van der Waals surface area contributed by atoms with Gasteiger partial charge < -0.3 is 20.5 Å². The molecule has 0 fully saturated rings. The quantitative estimate of drug-likeness (QED) is 0.584. The number of hydrogen-bond donors (Lipinski definition) is 2. The summed E-state index contributed by atoms with van der Waals surface area (Å²) < 4.78 is 23.7. The lowest BCUT2D eigenvalue weighted by Gasteiger charge is -2.08. The van der Waals surface area contributed by atoms with Crippen LogP contribution in [-0.2, 0) is 0 Å². The van der Waals surface area contributed by atoms with Crippen LogP contribution in [0.2, 0.25) is 5.02 Å².